The Morgan fingerprint density at radius 1 is 1.21 bits per heavy atom. The van der Waals surface area contributed by atoms with Crippen molar-refractivity contribution in [3.8, 4) is 5.75 Å². The lowest BCUT2D eigenvalue weighted by Crippen LogP contribution is -1.98. The van der Waals surface area contributed by atoms with E-state index in [4.69, 9.17) is 0 Å². The van der Waals surface area contributed by atoms with Crippen LogP contribution in [0.4, 0.5) is 0 Å². The van der Waals surface area contributed by atoms with Crippen molar-refractivity contribution < 1.29 is 5.11 Å². The maximum Gasteiger partial charge on any atom is 0.115 e. The predicted octanol–water partition coefficient (Wildman–Crippen LogP) is 3.63. The van der Waals surface area contributed by atoms with Gasteiger partial charge in [-0.15, -0.1) is 0 Å². The molecule has 0 aliphatic carbocycles. The summed E-state index contributed by atoms with van der Waals surface area (Å²) >= 11 is 3.46. The number of benzene rings is 2. The first-order valence-electron chi connectivity index (χ1n) is 6.02. The van der Waals surface area contributed by atoms with Crippen LogP contribution in [0.3, 0.4) is 0 Å². The standard InChI is InChI=1S/C15H13BrN2O/c1-18-14-6-5-11(16)9-13(14)17-15(18)8-10-3-2-4-12(19)7-10/h2-7,9,19H,8H2,1H3. The normalized spacial score (nSPS) is 11.1. The van der Waals surface area contributed by atoms with Crippen LogP contribution in [0.5, 0.6) is 5.75 Å². The summed E-state index contributed by atoms with van der Waals surface area (Å²) in [6.07, 6.45) is 0.706. The molecule has 3 aromatic rings. The number of hydrogen-bond acceptors (Lipinski definition) is 2. The van der Waals surface area contributed by atoms with Gasteiger partial charge in [-0.3, -0.25) is 0 Å². The summed E-state index contributed by atoms with van der Waals surface area (Å²) in [5, 5.41) is 9.50. The van der Waals surface area contributed by atoms with Crippen molar-refractivity contribution in [1.82, 2.24) is 9.55 Å². The lowest BCUT2D eigenvalue weighted by molar-refractivity contribution is 0.474. The number of nitrogens with zero attached hydrogens (tertiary/aromatic N) is 2. The van der Waals surface area contributed by atoms with Crippen molar-refractivity contribution in [1.29, 1.82) is 0 Å². The molecule has 0 saturated carbocycles. The molecule has 0 bridgehead atoms. The molecule has 0 spiro atoms. The molecule has 1 aromatic heterocycles. The molecule has 19 heavy (non-hydrogen) atoms. The molecule has 3 nitrogen and oxygen atoms in total. The van der Waals surface area contributed by atoms with Crippen molar-refractivity contribution in [2.45, 2.75) is 6.42 Å². The highest BCUT2D eigenvalue weighted by Crippen LogP contribution is 2.22. The largest absolute Gasteiger partial charge is 0.508 e. The van der Waals surface area contributed by atoms with Gasteiger partial charge in [0.25, 0.3) is 0 Å². The molecule has 0 amide bonds. The first-order valence-corrected chi connectivity index (χ1v) is 6.81. The second kappa shape index (κ2) is 4.70. The van der Waals surface area contributed by atoms with Gasteiger partial charge in [0.1, 0.15) is 11.6 Å². The van der Waals surface area contributed by atoms with E-state index in [1.807, 2.05) is 31.3 Å². The van der Waals surface area contributed by atoms with E-state index in [0.29, 0.717) is 12.2 Å². The molecule has 0 radical (unpaired) electrons. The topological polar surface area (TPSA) is 38.0 Å². The Morgan fingerprint density at radius 2 is 2.05 bits per heavy atom. The van der Waals surface area contributed by atoms with Crippen molar-refractivity contribution >= 4 is 27.0 Å². The van der Waals surface area contributed by atoms with Gasteiger partial charge in [0.15, 0.2) is 0 Å². The first kappa shape index (κ1) is 12.2. The summed E-state index contributed by atoms with van der Waals surface area (Å²) in [6.45, 7) is 0. The highest BCUT2D eigenvalue weighted by atomic mass is 79.9. The molecule has 1 heterocycles. The van der Waals surface area contributed by atoms with Crippen LogP contribution in [0, 0.1) is 0 Å². The number of imidazole rings is 1. The molecular formula is C15H13BrN2O. The van der Waals surface area contributed by atoms with E-state index in [-0.39, 0.29) is 0 Å². The summed E-state index contributed by atoms with van der Waals surface area (Å²) in [4.78, 5) is 4.65. The van der Waals surface area contributed by atoms with Crippen LogP contribution in [-0.4, -0.2) is 14.7 Å². The minimum absolute atomic E-state index is 0.291. The van der Waals surface area contributed by atoms with Gasteiger partial charge in [0.05, 0.1) is 11.0 Å². The minimum Gasteiger partial charge on any atom is -0.508 e. The fourth-order valence-electron chi connectivity index (χ4n) is 2.23. The highest BCUT2D eigenvalue weighted by molar-refractivity contribution is 9.10. The number of hydrogen-bond donors (Lipinski definition) is 1. The number of fused-ring (bicyclic) bond motifs is 1. The van der Waals surface area contributed by atoms with Crippen LogP contribution in [0.15, 0.2) is 46.9 Å². The molecule has 96 valence electrons. The summed E-state index contributed by atoms with van der Waals surface area (Å²) < 4.78 is 3.12. The van der Waals surface area contributed by atoms with Gasteiger partial charge in [-0.1, -0.05) is 28.1 Å². The fourth-order valence-corrected chi connectivity index (χ4v) is 2.58. The second-order valence-electron chi connectivity index (χ2n) is 4.57. The molecule has 4 heteroatoms. The van der Waals surface area contributed by atoms with Crippen molar-refractivity contribution in [2.24, 2.45) is 7.05 Å². The summed E-state index contributed by atoms with van der Waals surface area (Å²) in [6, 6.07) is 13.4. The number of aromatic nitrogens is 2. The third-order valence-corrected chi connectivity index (χ3v) is 3.70. The van der Waals surface area contributed by atoms with Gasteiger partial charge in [-0.2, -0.15) is 0 Å². The smallest absolute Gasteiger partial charge is 0.115 e. The molecule has 1 N–H and O–H groups in total. The van der Waals surface area contributed by atoms with E-state index in [0.717, 1.165) is 26.9 Å². The second-order valence-corrected chi connectivity index (χ2v) is 5.48. The van der Waals surface area contributed by atoms with Gasteiger partial charge in [0, 0.05) is 17.9 Å². The van der Waals surface area contributed by atoms with Crippen LogP contribution in [-0.2, 0) is 13.5 Å². The molecule has 0 atom stereocenters. The predicted molar refractivity (Wildman–Crippen MR) is 79.3 cm³/mol. The lowest BCUT2D eigenvalue weighted by atomic mass is 10.1. The SMILES string of the molecule is Cn1c(Cc2cccc(O)c2)nc2cc(Br)ccc21. The van der Waals surface area contributed by atoms with E-state index >= 15 is 0 Å². The Bertz CT molecular complexity index is 749. The number of phenolic OH excluding ortho intramolecular Hbond substituents is 1. The van der Waals surface area contributed by atoms with Gasteiger partial charge in [-0.05, 0) is 35.9 Å². The van der Waals surface area contributed by atoms with E-state index in [2.05, 4.69) is 31.5 Å². The van der Waals surface area contributed by atoms with Crippen LogP contribution < -0.4 is 0 Å². The Balaban J connectivity index is 2.03. The average Bonchev–Trinajstić information content (AvgIpc) is 2.66. The quantitative estimate of drug-likeness (QED) is 0.784. The van der Waals surface area contributed by atoms with Crippen molar-refractivity contribution in [3.05, 3.63) is 58.3 Å². The zero-order valence-electron chi connectivity index (χ0n) is 10.5. The number of aromatic hydroxyl groups is 1. The summed E-state index contributed by atoms with van der Waals surface area (Å²) in [7, 11) is 2.02. The Morgan fingerprint density at radius 3 is 2.84 bits per heavy atom. The first-order chi connectivity index (χ1) is 9.13. The lowest BCUT2D eigenvalue weighted by Gasteiger charge is -2.03. The van der Waals surface area contributed by atoms with E-state index in [9.17, 15) is 5.11 Å². The number of aryl methyl sites for hydroxylation is 1. The Hall–Kier alpha value is -1.81. The van der Waals surface area contributed by atoms with Crippen LogP contribution in [0.1, 0.15) is 11.4 Å². The maximum atomic E-state index is 9.50. The third-order valence-electron chi connectivity index (χ3n) is 3.21. The van der Waals surface area contributed by atoms with E-state index in [1.54, 1.807) is 12.1 Å². The Kier molecular flexibility index (Phi) is 3.03. The zero-order valence-corrected chi connectivity index (χ0v) is 12.1. The number of phenols is 1. The van der Waals surface area contributed by atoms with Crippen molar-refractivity contribution in [2.75, 3.05) is 0 Å². The van der Waals surface area contributed by atoms with Crippen LogP contribution in [0.25, 0.3) is 11.0 Å². The van der Waals surface area contributed by atoms with Crippen molar-refractivity contribution in [3.63, 3.8) is 0 Å². The molecular weight excluding hydrogens is 304 g/mol. The minimum atomic E-state index is 0.291. The highest BCUT2D eigenvalue weighted by Gasteiger charge is 2.08. The molecule has 0 aliphatic heterocycles. The Labute approximate surface area is 119 Å². The molecule has 0 saturated heterocycles. The number of rotatable bonds is 2. The molecule has 3 rings (SSSR count). The van der Waals surface area contributed by atoms with Gasteiger partial charge >= 0.3 is 0 Å². The van der Waals surface area contributed by atoms with E-state index < -0.39 is 0 Å². The molecule has 0 fully saturated rings. The van der Waals surface area contributed by atoms with Gasteiger partial charge in [-0.25, -0.2) is 4.98 Å². The fraction of sp³-hybridized carbons (Fsp3) is 0.133. The molecule has 0 aliphatic rings. The summed E-state index contributed by atoms with van der Waals surface area (Å²) in [5.41, 5.74) is 3.14. The van der Waals surface area contributed by atoms with E-state index in [1.165, 1.54) is 0 Å². The maximum absolute atomic E-state index is 9.50. The average molecular weight is 317 g/mol. The zero-order chi connectivity index (χ0) is 13.4. The molecule has 2 aromatic carbocycles. The summed E-state index contributed by atoms with van der Waals surface area (Å²) in [5.74, 6) is 1.28. The van der Waals surface area contributed by atoms with Gasteiger partial charge in [0.2, 0.25) is 0 Å². The van der Waals surface area contributed by atoms with Gasteiger partial charge < -0.3 is 9.67 Å². The molecule has 0 unspecified atom stereocenters. The number of halogens is 1. The van der Waals surface area contributed by atoms with Crippen LogP contribution in [0.2, 0.25) is 0 Å². The monoisotopic (exact) mass is 316 g/mol. The van der Waals surface area contributed by atoms with Crippen LogP contribution >= 0.6 is 15.9 Å². The third kappa shape index (κ3) is 2.36.